The highest BCUT2D eigenvalue weighted by molar-refractivity contribution is 5.73. The summed E-state index contributed by atoms with van der Waals surface area (Å²) >= 11 is 0. The van der Waals surface area contributed by atoms with Crippen molar-refractivity contribution >= 4 is 5.91 Å². The summed E-state index contributed by atoms with van der Waals surface area (Å²) in [6.45, 7) is 3.63. The Kier molecular flexibility index (Phi) is 19.2. The van der Waals surface area contributed by atoms with Gasteiger partial charge in [0.25, 0.3) is 0 Å². The molecular formula is C55H65NO15. The second-order valence-electron chi connectivity index (χ2n) is 18.0. The van der Waals surface area contributed by atoms with Gasteiger partial charge in [0.05, 0.1) is 52.4 Å². The van der Waals surface area contributed by atoms with Gasteiger partial charge in [-0.05, 0) is 34.7 Å². The lowest BCUT2D eigenvalue weighted by Crippen LogP contribution is -2.69. The van der Waals surface area contributed by atoms with Crippen LogP contribution in [0.15, 0.2) is 152 Å². The van der Waals surface area contributed by atoms with Crippen molar-refractivity contribution in [2.45, 2.75) is 139 Å². The Morgan fingerprint density at radius 3 is 1.37 bits per heavy atom. The average molecular weight is 980 g/mol. The van der Waals surface area contributed by atoms with E-state index in [0.717, 1.165) is 27.8 Å². The molecule has 3 aliphatic heterocycles. The van der Waals surface area contributed by atoms with Crippen molar-refractivity contribution in [2.24, 2.45) is 0 Å². The zero-order valence-electron chi connectivity index (χ0n) is 39.8. The van der Waals surface area contributed by atoms with Gasteiger partial charge < -0.3 is 73.1 Å². The molecule has 3 saturated heterocycles. The fourth-order valence-electron chi connectivity index (χ4n) is 8.96. The number of hydrogen-bond donors (Lipinski definition) is 5. The molecule has 8 rings (SSSR count). The molecule has 3 fully saturated rings. The first-order valence-corrected chi connectivity index (χ1v) is 24.1. The van der Waals surface area contributed by atoms with E-state index < -0.39 is 98.0 Å². The van der Waals surface area contributed by atoms with Crippen LogP contribution in [0.25, 0.3) is 0 Å². The maximum absolute atomic E-state index is 13.0. The highest BCUT2D eigenvalue weighted by Gasteiger charge is 2.55. The normalized spacial score (nSPS) is 30.9. The van der Waals surface area contributed by atoms with Crippen LogP contribution < -0.4 is 5.32 Å². The van der Waals surface area contributed by atoms with Crippen molar-refractivity contribution in [2.75, 3.05) is 13.2 Å². The lowest BCUT2D eigenvalue weighted by Gasteiger charge is -2.50. The van der Waals surface area contributed by atoms with Gasteiger partial charge >= 0.3 is 0 Å². The van der Waals surface area contributed by atoms with E-state index in [1.54, 1.807) is 0 Å². The third-order valence-electron chi connectivity index (χ3n) is 12.7. The van der Waals surface area contributed by atoms with E-state index in [1.165, 1.54) is 6.92 Å². The van der Waals surface area contributed by atoms with Crippen LogP contribution in [-0.2, 0) is 85.2 Å². The van der Waals surface area contributed by atoms with Gasteiger partial charge in [-0.25, -0.2) is 0 Å². The summed E-state index contributed by atoms with van der Waals surface area (Å²) in [5.41, 5.74) is 4.43. The smallest absolute Gasteiger partial charge is 0.217 e. The maximum atomic E-state index is 13.0. The third kappa shape index (κ3) is 14.4. The molecule has 5 N–H and O–H groups in total. The fourth-order valence-corrected chi connectivity index (χ4v) is 8.96. The molecule has 5 aromatic rings. The molecule has 0 saturated carbocycles. The number of ether oxygens (including phenoxy) is 10. The first-order chi connectivity index (χ1) is 34.6. The number of amides is 1. The second kappa shape index (κ2) is 26.1. The van der Waals surface area contributed by atoms with Gasteiger partial charge in [0, 0.05) is 6.92 Å². The number of aliphatic hydroxyl groups is 4. The van der Waals surface area contributed by atoms with Crippen LogP contribution in [0.1, 0.15) is 41.7 Å². The predicted octanol–water partition coefficient (Wildman–Crippen LogP) is 4.72. The molecule has 0 bridgehead atoms. The van der Waals surface area contributed by atoms with Gasteiger partial charge in [-0.1, -0.05) is 152 Å². The molecule has 71 heavy (non-hydrogen) atoms. The molecular weight excluding hydrogens is 915 g/mol. The van der Waals surface area contributed by atoms with Crippen LogP contribution in [0, 0.1) is 0 Å². The summed E-state index contributed by atoms with van der Waals surface area (Å²) in [5, 5.41) is 48.5. The van der Waals surface area contributed by atoms with Crippen molar-refractivity contribution in [3.8, 4) is 0 Å². The largest absolute Gasteiger partial charge is 0.387 e. The quantitative estimate of drug-likeness (QED) is 0.0638. The van der Waals surface area contributed by atoms with E-state index in [9.17, 15) is 25.2 Å². The predicted molar refractivity (Wildman–Crippen MR) is 256 cm³/mol. The maximum Gasteiger partial charge on any atom is 0.217 e. The van der Waals surface area contributed by atoms with Gasteiger partial charge in [0.2, 0.25) is 5.91 Å². The summed E-state index contributed by atoms with van der Waals surface area (Å²) < 4.78 is 65.4. The number of hydrogen-bond acceptors (Lipinski definition) is 15. The molecule has 5 aromatic carbocycles. The van der Waals surface area contributed by atoms with Gasteiger partial charge in [-0.2, -0.15) is 0 Å². The van der Waals surface area contributed by atoms with Gasteiger partial charge in [-0.15, -0.1) is 0 Å². The lowest BCUT2D eigenvalue weighted by atomic mass is 9.94. The fraction of sp³-hybridized carbons (Fsp3) is 0.436. The Morgan fingerprint density at radius 2 is 0.887 bits per heavy atom. The van der Waals surface area contributed by atoms with Gasteiger partial charge in [-0.3, -0.25) is 4.79 Å². The third-order valence-corrected chi connectivity index (χ3v) is 12.7. The summed E-state index contributed by atoms with van der Waals surface area (Å²) in [6, 6.07) is 46.5. The first-order valence-electron chi connectivity index (χ1n) is 24.1. The minimum atomic E-state index is -1.79. The van der Waals surface area contributed by atoms with E-state index in [-0.39, 0.29) is 46.2 Å². The molecule has 0 aromatic heterocycles. The molecule has 3 aliphatic rings. The molecule has 0 aliphatic carbocycles. The number of carbonyl (C=O) groups excluding carboxylic acids is 1. The van der Waals surface area contributed by atoms with E-state index >= 15 is 0 Å². The molecule has 0 radical (unpaired) electrons. The topological polar surface area (TPSA) is 202 Å². The van der Waals surface area contributed by atoms with E-state index in [1.807, 2.05) is 159 Å². The molecule has 15 atom stereocenters. The van der Waals surface area contributed by atoms with Crippen LogP contribution in [0.4, 0.5) is 0 Å². The van der Waals surface area contributed by atoms with Gasteiger partial charge in [0.15, 0.2) is 18.9 Å². The Morgan fingerprint density at radius 1 is 0.465 bits per heavy atom. The summed E-state index contributed by atoms with van der Waals surface area (Å²) in [7, 11) is 0. The van der Waals surface area contributed by atoms with Crippen molar-refractivity contribution in [3.63, 3.8) is 0 Å². The Bertz CT molecular complexity index is 2300. The standard InChI is InChI=1S/C55H65NO15/c1-35-48(64-30-39-22-12-5-13-23-39)51(65-31-40-24-14-6-15-25-40)52(66-32-41-26-16-7-17-27-41)55(67-35)71-50-44(56-36(2)57)53(61)68-43(34-63-29-38-20-10-4-11-21-38)49(50)70-54-47(60)46(59)45(58)42(69-54)33-62-28-37-18-8-3-9-19-37/h3-27,35,42-55,58-61H,28-34H2,1-2H3,(H,56,57). The van der Waals surface area contributed by atoms with Crippen LogP contribution in [0.3, 0.4) is 0 Å². The van der Waals surface area contributed by atoms with Gasteiger partial charge in [0.1, 0.15) is 67.1 Å². The Hall–Kier alpha value is -4.99. The number of benzene rings is 5. The SMILES string of the molecule is CC(=O)NC1C(O)OC(COCc2ccccc2)C(OC2OC(COCc3ccccc3)C(O)C(O)C2O)C1OC1OC(C)C(OCc2ccccc2)C(OCc2ccccc2)C1OCc1ccccc1. The van der Waals surface area contributed by atoms with Crippen LogP contribution >= 0.6 is 0 Å². The minimum Gasteiger partial charge on any atom is -0.387 e. The van der Waals surface area contributed by atoms with Crippen molar-refractivity contribution < 1.29 is 72.6 Å². The summed E-state index contributed by atoms with van der Waals surface area (Å²) in [5.74, 6) is -0.528. The molecule has 15 unspecified atom stereocenters. The van der Waals surface area contributed by atoms with Crippen LogP contribution in [0.2, 0.25) is 0 Å². The zero-order valence-corrected chi connectivity index (χ0v) is 39.8. The summed E-state index contributed by atoms with van der Waals surface area (Å²) in [6.07, 6.45) is -18.0. The van der Waals surface area contributed by atoms with Crippen LogP contribution in [0.5, 0.6) is 0 Å². The second-order valence-corrected chi connectivity index (χ2v) is 18.0. The highest BCUT2D eigenvalue weighted by Crippen LogP contribution is 2.36. The number of nitrogens with one attached hydrogen (secondary N) is 1. The van der Waals surface area contributed by atoms with Crippen molar-refractivity contribution in [1.82, 2.24) is 5.32 Å². The monoisotopic (exact) mass is 979 g/mol. The Balaban J connectivity index is 1.13. The molecule has 3 heterocycles. The first kappa shape index (κ1) is 52.3. The average Bonchev–Trinajstić information content (AvgIpc) is 3.39. The number of rotatable bonds is 22. The highest BCUT2D eigenvalue weighted by atomic mass is 16.8. The Labute approximate surface area is 414 Å². The van der Waals surface area contributed by atoms with E-state index in [4.69, 9.17) is 47.4 Å². The van der Waals surface area contributed by atoms with E-state index in [2.05, 4.69) is 5.32 Å². The lowest BCUT2D eigenvalue weighted by molar-refractivity contribution is -0.377. The van der Waals surface area contributed by atoms with E-state index in [0.29, 0.717) is 0 Å². The molecule has 0 spiro atoms. The molecule has 1 amide bonds. The molecule has 16 nitrogen and oxygen atoms in total. The van der Waals surface area contributed by atoms with Crippen molar-refractivity contribution in [1.29, 1.82) is 0 Å². The van der Waals surface area contributed by atoms with Crippen molar-refractivity contribution in [3.05, 3.63) is 179 Å². The molecule has 380 valence electrons. The van der Waals surface area contributed by atoms with Crippen LogP contribution in [-0.4, -0.2) is 132 Å². The summed E-state index contributed by atoms with van der Waals surface area (Å²) in [4.78, 5) is 13.0. The molecule has 16 heteroatoms. The minimum absolute atomic E-state index is 0.108. The zero-order chi connectivity index (χ0) is 49.5. The number of carbonyl (C=O) groups is 1. The number of aliphatic hydroxyl groups excluding tert-OH is 4.